The van der Waals surface area contributed by atoms with Crippen molar-refractivity contribution in [2.75, 3.05) is 6.54 Å². The van der Waals surface area contributed by atoms with Crippen molar-refractivity contribution < 1.29 is 24.8 Å². The number of likely N-dealkylation sites (tertiary alicyclic amines) is 1. The van der Waals surface area contributed by atoms with Gasteiger partial charge in [0.05, 0.1) is 41.9 Å². The molecule has 5 aliphatic carbocycles. The maximum atomic E-state index is 10.7. The van der Waals surface area contributed by atoms with Crippen molar-refractivity contribution in [3.05, 3.63) is 34.7 Å². The zero-order chi connectivity index (χ0) is 31.0. The van der Waals surface area contributed by atoms with Crippen LogP contribution < -0.4 is 0 Å². The monoisotopic (exact) mass is 620 g/mol. The molecule has 1 aromatic heterocycles. The summed E-state index contributed by atoms with van der Waals surface area (Å²) < 4.78 is 15.0. The third-order valence-corrected chi connectivity index (χ3v) is 14.5. The van der Waals surface area contributed by atoms with Gasteiger partial charge < -0.3 is 24.8 Å². The van der Waals surface area contributed by atoms with Crippen LogP contribution in [0.2, 0.25) is 0 Å². The molecule has 8 aliphatic rings. The van der Waals surface area contributed by atoms with E-state index in [1.54, 1.807) is 10.3 Å². The Morgan fingerprint density at radius 2 is 1.87 bits per heavy atom. The molecule has 4 heterocycles. The maximum absolute atomic E-state index is 10.7. The van der Waals surface area contributed by atoms with Gasteiger partial charge in [0, 0.05) is 31.0 Å². The Kier molecular flexibility index (Phi) is 6.68. The lowest BCUT2D eigenvalue weighted by molar-refractivity contribution is -0.175. The predicted molar refractivity (Wildman–Crippen MR) is 166 cm³/mol. The summed E-state index contributed by atoms with van der Waals surface area (Å²) in [6.45, 7) is 11.4. The van der Waals surface area contributed by atoms with Gasteiger partial charge in [0.2, 0.25) is 0 Å². The van der Waals surface area contributed by atoms with E-state index in [0.29, 0.717) is 36.3 Å². The first-order valence-corrected chi connectivity index (χ1v) is 18.0. The summed E-state index contributed by atoms with van der Waals surface area (Å²) in [5, 5.41) is 40.5. The Balaban J connectivity index is 0.967. The van der Waals surface area contributed by atoms with E-state index in [1.807, 2.05) is 6.20 Å². The summed E-state index contributed by atoms with van der Waals surface area (Å²) in [4.78, 5) is 2.60. The van der Waals surface area contributed by atoms with E-state index in [9.17, 15) is 15.3 Å². The first-order chi connectivity index (χ1) is 21.6. The van der Waals surface area contributed by atoms with Crippen LogP contribution in [0, 0.1) is 40.9 Å². The number of allylic oxidation sites excluding steroid dienone is 2. The number of rotatable bonds is 3. The molecular formula is C36H52N4O5. The van der Waals surface area contributed by atoms with Gasteiger partial charge in [0.25, 0.3) is 0 Å². The van der Waals surface area contributed by atoms with Gasteiger partial charge >= 0.3 is 0 Å². The lowest BCUT2D eigenvalue weighted by Gasteiger charge is -2.49. The van der Waals surface area contributed by atoms with Crippen LogP contribution in [-0.4, -0.2) is 83.9 Å². The van der Waals surface area contributed by atoms with E-state index in [1.165, 1.54) is 30.4 Å². The highest BCUT2D eigenvalue weighted by Gasteiger charge is 2.62. The van der Waals surface area contributed by atoms with Crippen LogP contribution in [0.5, 0.6) is 0 Å². The molecule has 9 nitrogen and oxygen atoms in total. The predicted octanol–water partition coefficient (Wildman–Crippen LogP) is 4.15. The van der Waals surface area contributed by atoms with Crippen molar-refractivity contribution in [1.29, 1.82) is 0 Å². The number of aliphatic hydroxyl groups is 3. The quantitative estimate of drug-likeness (QED) is 0.433. The molecule has 9 rings (SSSR count). The van der Waals surface area contributed by atoms with Crippen LogP contribution in [0.4, 0.5) is 0 Å². The topological polar surface area (TPSA) is 113 Å². The van der Waals surface area contributed by atoms with Gasteiger partial charge in [-0.05, 0) is 99.4 Å². The largest absolute Gasteiger partial charge is 0.393 e. The average Bonchev–Trinajstić information content (AvgIpc) is 3.32. The SMILES string of the molecule is CC1=C2C[C@H]3[C@@H](CC=C4C[C@@H](O)CC[C@@]43C)[C@@H]2CC[C@]12O[C@@H]1C[C@H](C)CN(Cc3cn(C4OC5C[C@@H]5[C@H](O)C4O)nn3)[C@H]1[C@H]2C. The molecule has 246 valence electrons. The van der Waals surface area contributed by atoms with Crippen LogP contribution in [0.1, 0.15) is 97.4 Å². The van der Waals surface area contributed by atoms with Gasteiger partial charge in [-0.1, -0.05) is 43.2 Å². The average molecular weight is 621 g/mol. The zero-order valence-electron chi connectivity index (χ0n) is 27.4. The molecule has 3 saturated heterocycles. The lowest BCUT2D eigenvalue weighted by Crippen LogP contribution is -2.51. The van der Waals surface area contributed by atoms with Gasteiger partial charge in [0.15, 0.2) is 6.23 Å². The lowest BCUT2D eigenvalue weighted by atomic mass is 9.56. The second-order valence-corrected chi connectivity index (χ2v) is 16.8. The highest BCUT2D eigenvalue weighted by Crippen LogP contribution is 2.65. The van der Waals surface area contributed by atoms with E-state index < -0.39 is 18.4 Å². The first-order valence-electron chi connectivity index (χ1n) is 18.0. The van der Waals surface area contributed by atoms with Gasteiger partial charge in [-0.3, -0.25) is 4.90 Å². The second kappa shape index (κ2) is 10.2. The molecule has 3 aliphatic heterocycles. The molecule has 45 heavy (non-hydrogen) atoms. The van der Waals surface area contributed by atoms with E-state index in [0.717, 1.165) is 56.7 Å². The minimum atomic E-state index is -0.994. The van der Waals surface area contributed by atoms with Crippen molar-refractivity contribution in [2.45, 2.75) is 140 Å². The Hall–Kier alpha value is -1.62. The molecule has 15 atom stereocenters. The third kappa shape index (κ3) is 4.26. The Morgan fingerprint density at radius 3 is 2.71 bits per heavy atom. The number of aliphatic hydroxyl groups excluding tert-OH is 3. The smallest absolute Gasteiger partial charge is 0.180 e. The summed E-state index contributed by atoms with van der Waals surface area (Å²) in [5.74, 6) is 3.04. The van der Waals surface area contributed by atoms with Crippen LogP contribution in [-0.2, 0) is 16.0 Å². The van der Waals surface area contributed by atoms with Crippen LogP contribution >= 0.6 is 0 Å². The maximum Gasteiger partial charge on any atom is 0.180 e. The number of hydrogen-bond acceptors (Lipinski definition) is 8. The Labute approximate surface area is 267 Å². The number of aromatic nitrogens is 3. The van der Waals surface area contributed by atoms with E-state index in [4.69, 9.17) is 9.47 Å². The molecule has 6 fully saturated rings. The molecule has 0 bridgehead atoms. The number of piperidine rings is 1. The summed E-state index contributed by atoms with van der Waals surface area (Å²) in [5.41, 5.74) is 5.67. The third-order valence-electron chi connectivity index (χ3n) is 14.5. The summed E-state index contributed by atoms with van der Waals surface area (Å²) >= 11 is 0. The van der Waals surface area contributed by atoms with Gasteiger partial charge in [-0.15, -0.1) is 5.10 Å². The molecule has 0 radical (unpaired) electrons. The molecule has 1 spiro atoms. The molecule has 9 heteroatoms. The first kappa shape index (κ1) is 29.5. The van der Waals surface area contributed by atoms with Gasteiger partial charge in [0.1, 0.15) is 6.10 Å². The molecule has 3 saturated carbocycles. The van der Waals surface area contributed by atoms with E-state index in [2.05, 4.69) is 49.0 Å². The highest BCUT2D eigenvalue weighted by molar-refractivity contribution is 5.38. The van der Waals surface area contributed by atoms with E-state index >= 15 is 0 Å². The van der Waals surface area contributed by atoms with Crippen molar-refractivity contribution in [3.63, 3.8) is 0 Å². The van der Waals surface area contributed by atoms with E-state index in [-0.39, 0.29) is 35.2 Å². The summed E-state index contributed by atoms with van der Waals surface area (Å²) in [6.07, 6.45) is 11.5. The zero-order valence-corrected chi connectivity index (χ0v) is 27.4. The fraction of sp³-hybridized carbons (Fsp3) is 0.833. The Bertz CT molecular complexity index is 1430. The second-order valence-electron chi connectivity index (χ2n) is 16.8. The molecule has 0 amide bonds. The number of hydrogen-bond donors (Lipinski definition) is 3. The number of ether oxygens (including phenoxy) is 2. The molecule has 1 aromatic rings. The van der Waals surface area contributed by atoms with Crippen molar-refractivity contribution in [3.8, 4) is 0 Å². The van der Waals surface area contributed by atoms with Gasteiger partial charge in [-0.2, -0.15) is 0 Å². The minimum Gasteiger partial charge on any atom is -0.393 e. The minimum absolute atomic E-state index is 0.00503. The van der Waals surface area contributed by atoms with Gasteiger partial charge in [-0.25, -0.2) is 4.68 Å². The van der Waals surface area contributed by atoms with Crippen LogP contribution in [0.3, 0.4) is 0 Å². The fourth-order valence-electron chi connectivity index (χ4n) is 12.0. The fourth-order valence-corrected chi connectivity index (χ4v) is 12.0. The molecule has 3 unspecified atom stereocenters. The number of fused-ring (bicyclic) bond motifs is 7. The van der Waals surface area contributed by atoms with Crippen LogP contribution in [0.25, 0.3) is 0 Å². The molecule has 3 N–H and O–H groups in total. The molecule has 0 aromatic carbocycles. The van der Waals surface area contributed by atoms with Crippen molar-refractivity contribution in [2.24, 2.45) is 40.9 Å². The van der Waals surface area contributed by atoms with Crippen molar-refractivity contribution in [1.82, 2.24) is 19.9 Å². The molecular weight excluding hydrogens is 568 g/mol. The van der Waals surface area contributed by atoms with Crippen molar-refractivity contribution >= 4 is 0 Å². The normalized spacial score (nSPS) is 52.2. The van der Waals surface area contributed by atoms with Crippen LogP contribution in [0.15, 0.2) is 29.0 Å². The summed E-state index contributed by atoms with van der Waals surface area (Å²) in [6, 6.07) is 0.318. The number of nitrogens with zero attached hydrogens (tertiary/aromatic N) is 4. The summed E-state index contributed by atoms with van der Waals surface area (Å²) in [7, 11) is 0. The highest BCUT2D eigenvalue weighted by atomic mass is 16.5. The standard InChI is InChI=1S/C36H52N4O5/c1-18-11-30-31(39(15-18)16-22-17-40(38-37-22)34-33(43)32(42)27-14-29(27)44-34)20(3)36(45-30)10-8-24-25-6-5-21-12-23(41)7-9-35(21,4)28(25)13-26(24)19(36)2/h5,17-18,20,23-25,27-34,41-43H,6-16H2,1-4H3/t18-,20+,23-,24-,25-,27-,28-,29?,30+,31-,32-,33?,34?,35-,36-/m0/s1. The Morgan fingerprint density at radius 1 is 1.02 bits per heavy atom.